The maximum absolute atomic E-state index is 14.7. The molecule has 10 heteroatoms. The highest BCUT2D eigenvalue weighted by atomic mass is 32.2. The summed E-state index contributed by atoms with van der Waals surface area (Å²) in [5, 5.41) is 0.911. The number of rotatable bonds is 8. The molecule has 0 radical (unpaired) electrons. The molecule has 2 aromatic heterocycles. The van der Waals surface area contributed by atoms with Gasteiger partial charge in [0, 0.05) is 54.1 Å². The molecule has 180 valence electrons. The number of fused-ring (bicyclic) bond motifs is 2. The third kappa shape index (κ3) is 4.16. The van der Waals surface area contributed by atoms with E-state index in [4.69, 9.17) is 5.73 Å². The molecule has 0 atom stereocenters. The molecule has 7 nitrogen and oxygen atoms in total. The van der Waals surface area contributed by atoms with Crippen molar-refractivity contribution in [1.82, 2.24) is 13.7 Å². The molecule has 1 saturated carbocycles. The zero-order valence-electron chi connectivity index (χ0n) is 18.8. The number of hydrogen-bond acceptors (Lipinski definition) is 4. The number of aryl methyl sites for hydroxylation is 1. The average Bonchev–Trinajstić information content (AvgIpc) is 3.49. The summed E-state index contributed by atoms with van der Waals surface area (Å²) in [5.41, 5.74) is 8.33. The summed E-state index contributed by atoms with van der Waals surface area (Å²) >= 11 is 0. The number of imidazole rings is 1. The van der Waals surface area contributed by atoms with Crippen LogP contribution in [0.25, 0.3) is 21.9 Å². The summed E-state index contributed by atoms with van der Waals surface area (Å²) in [5.74, 6) is -1.46. The van der Waals surface area contributed by atoms with E-state index in [0.717, 1.165) is 41.1 Å². The lowest BCUT2D eigenvalue weighted by Gasteiger charge is -2.12. The fraction of sp³-hybridized carbons (Fsp3) is 0.375. The largest absolute Gasteiger partial charge is 0.343 e. The van der Waals surface area contributed by atoms with Gasteiger partial charge < -0.3 is 10.3 Å². The van der Waals surface area contributed by atoms with E-state index >= 15 is 0 Å². The van der Waals surface area contributed by atoms with Crippen LogP contribution in [0.1, 0.15) is 36.6 Å². The third-order valence-corrected chi connectivity index (χ3v) is 7.42. The van der Waals surface area contributed by atoms with Crippen LogP contribution >= 0.6 is 0 Å². The van der Waals surface area contributed by atoms with Crippen LogP contribution in [0.5, 0.6) is 0 Å². The van der Waals surface area contributed by atoms with E-state index in [-0.39, 0.29) is 35.1 Å². The monoisotopic (exact) mass is 488 g/mol. The SMILES string of the molecule is CS(=O)(=O)CCCn1c(Cn2c(=O)n(C3CC3)c3c(F)cc(F)cc32)cc2cc(CN)ccc21. The Hall–Kier alpha value is -2.98. The van der Waals surface area contributed by atoms with Crippen molar-refractivity contribution < 1.29 is 17.2 Å². The normalized spacial score (nSPS) is 14.5. The van der Waals surface area contributed by atoms with Crippen molar-refractivity contribution in [3.8, 4) is 0 Å². The zero-order valence-corrected chi connectivity index (χ0v) is 19.6. The Kier molecular flexibility index (Phi) is 5.60. The van der Waals surface area contributed by atoms with Crippen molar-refractivity contribution in [3.63, 3.8) is 0 Å². The van der Waals surface area contributed by atoms with Gasteiger partial charge in [-0.2, -0.15) is 0 Å². The molecular weight excluding hydrogens is 462 g/mol. The summed E-state index contributed by atoms with van der Waals surface area (Å²) in [4.78, 5) is 13.3. The summed E-state index contributed by atoms with van der Waals surface area (Å²) in [6.45, 7) is 0.896. The van der Waals surface area contributed by atoms with Gasteiger partial charge in [-0.1, -0.05) is 6.07 Å². The van der Waals surface area contributed by atoms with Crippen LogP contribution in [0.15, 0.2) is 41.2 Å². The fourth-order valence-corrected chi connectivity index (χ4v) is 5.35. The van der Waals surface area contributed by atoms with Crippen molar-refractivity contribution in [2.75, 3.05) is 12.0 Å². The molecule has 0 amide bonds. The molecule has 0 bridgehead atoms. The van der Waals surface area contributed by atoms with Crippen LogP contribution in [-0.4, -0.2) is 34.1 Å². The first-order valence-electron chi connectivity index (χ1n) is 11.2. The molecular formula is C24H26F2N4O3S. The highest BCUT2D eigenvalue weighted by Gasteiger charge is 2.31. The first-order chi connectivity index (χ1) is 16.2. The number of sulfone groups is 1. The number of benzene rings is 2. The van der Waals surface area contributed by atoms with E-state index in [2.05, 4.69) is 0 Å². The highest BCUT2D eigenvalue weighted by Crippen LogP contribution is 2.37. The first kappa shape index (κ1) is 22.8. The maximum Gasteiger partial charge on any atom is 0.329 e. The molecule has 4 aromatic rings. The second-order valence-electron chi connectivity index (χ2n) is 9.09. The van der Waals surface area contributed by atoms with Gasteiger partial charge in [0.1, 0.15) is 21.2 Å². The Morgan fingerprint density at radius 2 is 1.82 bits per heavy atom. The van der Waals surface area contributed by atoms with E-state index in [1.165, 1.54) is 21.5 Å². The number of halogens is 2. The molecule has 0 saturated heterocycles. The van der Waals surface area contributed by atoms with Crippen LogP contribution in [0.2, 0.25) is 0 Å². The van der Waals surface area contributed by atoms with Crippen LogP contribution in [-0.2, 0) is 29.5 Å². The lowest BCUT2D eigenvalue weighted by Crippen LogP contribution is -2.25. The molecule has 1 fully saturated rings. The second kappa shape index (κ2) is 8.35. The molecule has 5 rings (SSSR count). The maximum atomic E-state index is 14.7. The van der Waals surface area contributed by atoms with Gasteiger partial charge in [-0.05, 0) is 43.0 Å². The molecule has 1 aliphatic rings. The van der Waals surface area contributed by atoms with Crippen molar-refractivity contribution in [2.24, 2.45) is 5.73 Å². The smallest absolute Gasteiger partial charge is 0.329 e. The predicted octanol–water partition coefficient (Wildman–Crippen LogP) is 3.31. The number of nitrogens with two attached hydrogens (primary N) is 1. The van der Waals surface area contributed by atoms with Gasteiger partial charge in [-0.25, -0.2) is 22.0 Å². The van der Waals surface area contributed by atoms with E-state index in [0.29, 0.717) is 19.5 Å². The molecule has 34 heavy (non-hydrogen) atoms. The number of nitrogens with zero attached hydrogens (tertiary/aromatic N) is 3. The lowest BCUT2D eigenvalue weighted by molar-refractivity contribution is 0.583. The molecule has 0 spiro atoms. The minimum absolute atomic E-state index is 0.0321. The predicted molar refractivity (Wildman–Crippen MR) is 128 cm³/mol. The second-order valence-corrected chi connectivity index (χ2v) is 11.4. The van der Waals surface area contributed by atoms with Gasteiger partial charge in [-0.15, -0.1) is 0 Å². The van der Waals surface area contributed by atoms with Crippen LogP contribution in [0.3, 0.4) is 0 Å². The lowest BCUT2D eigenvalue weighted by atomic mass is 10.1. The Labute approximate surface area is 195 Å². The minimum atomic E-state index is -3.13. The molecule has 1 aliphatic carbocycles. The Bertz CT molecular complexity index is 1580. The van der Waals surface area contributed by atoms with Crippen molar-refractivity contribution >= 4 is 31.8 Å². The number of hydrogen-bond donors (Lipinski definition) is 1. The number of aromatic nitrogens is 3. The van der Waals surface area contributed by atoms with Gasteiger partial charge >= 0.3 is 5.69 Å². The highest BCUT2D eigenvalue weighted by molar-refractivity contribution is 7.90. The van der Waals surface area contributed by atoms with Crippen LogP contribution in [0, 0.1) is 11.6 Å². The minimum Gasteiger partial charge on any atom is -0.343 e. The zero-order chi connectivity index (χ0) is 24.2. The average molecular weight is 489 g/mol. The molecule has 2 heterocycles. The van der Waals surface area contributed by atoms with Crippen LogP contribution in [0.4, 0.5) is 8.78 Å². The Morgan fingerprint density at radius 3 is 2.50 bits per heavy atom. The third-order valence-electron chi connectivity index (χ3n) is 6.39. The molecule has 2 N–H and O–H groups in total. The molecule has 0 unspecified atom stereocenters. The van der Waals surface area contributed by atoms with Gasteiger partial charge in [-0.3, -0.25) is 9.13 Å². The van der Waals surface area contributed by atoms with E-state index in [9.17, 15) is 22.0 Å². The summed E-state index contributed by atoms with van der Waals surface area (Å²) in [6.07, 6.45) is 3.16. The molecule has 2 aromatic carbocycles. The van der Waals surface area contributed by atoms with Gasteiger partial charge in [0.25, 0.3) is 0 Å². The van der Waals surface area contributed by atoms with Crippen molar-refractivity contribution in [3.05, 3.63) is 69.8 Å². The summed E-state index contributed by atoms with van der Waals surface area (Å²) < 4.78 is 57.0. The van der Waals surface area contributed by atoms with Gasteiger partial charge in [0.15, 0.2) is 5.82 Å². The van der Waals surface area contributed by atoms with Crippen LogP contribution < -0.4 is 11.4 Å². The Balaban J connectivity index is 1.64. The van der Waals surface area contributed by atoms with Crippen molar-refractivity contribution in [1.29, 1.82) is 0 Å². The quantitative estimate of drug-likeness (QED) is 0.412. The van der Waals surface area contributed by atoms with E-state index in [1.54, 1.807) is 0 Å². The van der Waals surface area contributed by atoms with Crippen molar-refractivity contribution in [2.45, 2.75) is 44.9 Å². The Morgan fingerprint density at radius 1 is 1.06 bits per heavy atom. The summed E-state index contributed by atoms with van der Waals surface area (Å²) in [6, 6.07) is 9.65. The van der Waals surface area contributed by atoms with Gasteiger partial charge in [0.05, 0.1) is 17.8 Å². The summed E-state index contributed by atoms with van der Waals surface area (Å²) in [7, 11) is -3.13. The van der Waals surface area contributed by atoms with Gasteiger partial charge in [0.2, 0.25) is 0 Å². The topological polar surface area (TPSA) is 92.0 Å². The standard InChI is InChI=1S/C24H26F2N4O3S/c1-34(32,33)8-2-7-28-19(10-16-9-15(13-27)3-6-21(16)28)14-29-22-12-17(25)11-20(26)23(22)30(24(29)31)18-4-5-18/h3,6,9-12,18H,2,4-5,7-8,13-14,27H2,1H3. The first-order valence-corrected chi connectivity index (χ1v) is 13.3. The fourth-order valence-electron chi connectivity index (χ4n) is 4.70. The van der Waals surface area contributed by atoms with E-state index in [1.807, 2.05) is 28.8 Å². The van der Waals surface area contributed by atoms with E-state index < -0.39 is 21.5 Å². The molecule has 0 aliphatic heterocycles.